The molecule has 0 fully saturated rings. The molecule has 0 aromatic rings. The Hall–Kier alpha value is 1.19. The average Bonchev–Trinajstić information content (AvgIpc) is 1.62. The molecule has 14 heteroatoms. The molecule has 0 spiro atoms. The Balaban J connectivity index is -0.0000000162. The van der Waals surface area contributed by atoms with Gasteiger partial charge in [-0.05, 0) is 0 Å². The molecule has 77 valence electrons. The van der Waals surface area contributed by atoms with Gasteiger partial charge in [-0.1, -0.05) is 0 Å². The van der Waals surface area contributed by atoms with E-state index in [4.69, 9.17) is 37.8 Å². The van der Waals surface area contributed by atoms with Crippen LogP contribution in [0.4, 0.5) is 0 Å². The van der Waals surface area contributed by atoms with Crippen LogP contribution in [0, 0.1) is 20.2 Å². The molecular formula is CuN2Na2O8S. The second kappa shape index (κ2) is 29.2. The van der Waals surface area contributed by atoms with Crippen LogP contribution in [0.25, 0.3) is 0 Å². The smallest absolute Gasteiger partial charge is 0.759 e. The molecule has 0 atom stereocenters. The fourth-order valence-electron chi connectivity index (χ4n) is 0. The maximum atomic E-state index is 8.52. The van der Waals surface area contributed by atoms with Gasteiger partial charge in [-0.15, -0.1) is 10.7 Å². The summed E-state index contributed by atoms with van der Waals surface area (Å²) in [7, 11) is -5.17. The minimum Gasteiger partial charge on any atom is -0.759 e. The molecule has 0 amide bonds. The molecule has 14 heavy (non-hydrogen) atoms. The number of hydrogen-bond donors (Lipinski definition) is 0. The summed E-state index contributed by atoms with van der Waals surface area (Å²) < 4.78 is 34.1. The van der Waals surface area contributed by atoms with Crippen molar-refractivity contribution >= 4 is 10.4 Å². The van der Waals surface area contributed by atoms with Crippen LogP contribution in [0.5, 0.6) is 0 Å². The Morgan fingerprint density at radius 1 is 0.857 bits per heavy atom. The Labute approximate surface area is 133 Å². The van der Waals surface area contributed by atoms with Crippen LogP contribution in [0.3, 0.4) is 0 Å². The van der Waals surface area contributed by atoms with E-state index in [-0.39, 0.29) is 76.2 Å². The van der Waals surface area contributed by atoms with E-state index in [1.807, 2.05) is 0 Å². The summed E-state index contributed by atoms with van der Waals surface area (Å²) >= 11 is 0. The average molecular weight is 298 g/mol. The maximum absolute atomic E-state index is 8.52. The van der Waals surface area contributed by atoms with Crippen molar-refractivity contribution in [1.82, 2.24) is 0 Å². The minimum absolute atomic E-state index is 0. The zero-order valence-electron chi connectivity index (χ0n) is 6.87. The first-order chi connectivity index (χ1) is 4.83. The van der Waals surface area contributed by atoms with Crippen molar-refractivity contribution < 1.29 is 93.7 Å². The molecule has 0 aliphatic heterocycles. The summed E-state index contributed by atoms with van der Waals surface area (Å²) in [6.45, 7) is 0. The summed E-state index contributed by atoms with van der Waals surface area (Å²) in [6, 6.07) is 0. The van der Waals surface area contributed by atoms with Gasteiger partial charge in [0.15, 0.2) is 0 Å². The number of rotatable bonds is 0. The van der Waals surface area contributed by atoms with Gasteiger partial charge in [-0.2, -0.15) is 0 Å². The molecule has 0 unspecified atom stereocenters. The van der Waals surface area contributed by atoms with Crippen LogP contribution in [-0.4, -0.2) is 17.5 Å². The topological polar surface area (TPSA) is 185 Å². The quantitative estimate of drug-likeness (QED) is 0.139. The molecule has 0 aliphatic rings. The predicted molar refractivity (Wildman–Crippen MR) is 28.8 cm³/mol. The molecule has 0 saturated heterocycles. The molecule has 1 radical (unpaired) electrons. The second-order valence-electron chi connectivity index (χ2n) is 0.557. The van der Waals surface area contributed by atoms with Gasteiger partial charge < -0.3 is 29.3 Å². The van der Waals surface area contributed by atoms with E-state index in [0.717, 1.165) is 10.7 Å². The van der Waals surface area contributed by atoms with Gasteiger partial charge in [0.25, 0.3) is 0 Å². The third kappa shape index (κ3) is 1390. The normalized spacial score (nSPS) is 5.86. The van der Waals surface area contributed by atoms with Gasteiger partial charge >= 0.3 is 76.2 Å². The van der Waals surface area contributed by atoms with E-state index in [1.165, 1.54) is 0 Å². The number of hydrogen-bond acceptors (Lipinski definition) is 10. The summed E-state index contributed by atoms with van der Waals surface area (Å²) in [5, 5.41) is 18.0. The van der Waals surface area contributed by atoms with Crippen molar-refractivity contribution in [2.75, 3.05) is 0 Å². The van der Waals surface area contributed by atoms with Gasteiger partial charge in [0.2, 0.25) is 0 Å². The van der Waals surface area contributed by atoms with Crippen molar-refractivity contribution in [2.24, 2.45) is 10.7 Å². The van der Waals surface area contributed by atoms with Crippen molar-refractivity contribution in [3.05, 3.63) is 20.2 Å². The zero-order valence-corrected chi connectivity index (χ0v) is 12.6. The summed E-state index contributed by atoms with van der Waals surface area (Å²) in [5.41, 5.74) is 0. The van der Waals surface area contributed by atoms with E-state index in [0.29, 0.717) is 0 Å². The fraction of sp³-hybridized carbons (Fsp3) is 0. The van der Waals surface area contributed by atoms with Gasteiger partial charge in [-0.25, -0.2) is 0 Å². The SMILES string of the molecule is O=N[O-].O=N[O-].O=S(=O)([O-])[O-].[Cu+2].[Na+].[Na+]. The van der Waals surface area contributed by atoms with E-state index >= 15 is 0 Å². The molecule has 10 nitrogen and oxygen atoms in total. The van der Waals surface area contributed by atoms with E-state index in [2.05, 4.69) is 0 Å². The summed E-state index contributed by atoms with van der Waals surface area (Å²) in [5.74, 6) is 0. The fourth-order valence-corrected chi connectivity index (χ4v) is 0. The van der Waals surface area contributed by atoms with Crippen LogP contribution in [0.2, 0.25) is 0 Å². The van der Waals surface area contributed by atoms with Crippen molar-refractivity contribution in [1.29, 1.82) is 0 Å². The van der Waals surface area contributed by atoms with Crippen LogP contribution < -0.4 is 59.1 Å². The van der Waals surface area contributed by atoms with Crippen LogP contribution >= 0.6 is 0 Å². The first-order valence-corrected chi connectivity index (χ1v) is 2.73. The Kier molecular flexibility index (Phi) is 75.6. The van der Waals surface area contributed by atoms with Gasteiger partial charge in [0, 0.05) is 10.4 Å². The minimum atomic E-state index is -5.17. The Bertz CT molecular complexity index is 166. The molecule has 0 aliphatic carbocycles. The third-order valence-corrected chi connectivity index (χ3v) is 0. The number of nitrogens with zero attached hydrogens (tertiary/aromatic N) is 2. The molecule has 0 heterocycles. The standard InChI is InChI=1S/Cu.2HNO2.2Na.H2O4S/c;2*2-1-3;;;1-5(2,3)4/h;2*(H,2,3);;;(H2,1,2,3,4)/q+2;;;2*+1;/p-4. The molecule has 0 bridgehead atoms. The summed E-state index contributed by atoms with van der Waals surface area (Å²) in [4.78, 5) is 16.0. The van der Waals surface area contributed by atoms with E-state index in [1.54, 1.807) is 0 Å². The van der Waals surface area contributed by atoms with Crippen LogP contribution in [0.15, 0.2) is 10.7 Å². The van der Waals surface area contributed by atoms with Crippen LogP contribution in [-0.2, 0) is 27.5 Å². The first-order valence-electron chi connectivity index (χ1n) is 1.40. The first kappa shape index (κ1) is 36.2. The monoisotopic (exact) mass is 297 g/mol. The maximum Gasteiger partial charge on any atom is 2.00 e. The largest absolute Gasteiger partial charge is 2.00 e. The Morgan fingerprint density at radius 2 is 0.857 bits per heavy atom. The predicted octanol–water partition coefficient (Wildman–Crippen LogP) is -6.83. The molecule has 0 aromatic heterocycles. The molecule has 0 aromatic carbocycles. The summed E-state index contributed by atoms with van der Waals surface area (Å²) in [6.07, 6.45) is 0. The molecular weight excluding hydrogens is 298 g/mol. The Morgan fingerprint density at radius 3 is 0.857 bits per heavy atom. The van der Waals surface area contributed by atoms with Crippen molar-refractivity contribution in [3.8, 4) is 0 Å². The van der Waals surface area contributed by atoms with E-state index in [9.17, 15) is 0 Å². The van der Waals surface area contributed by atoms with Gasteiger partial charge in [-0.3, -0.25) is 8.42 Å². The second-order valence-corrected chi connectivity index (χ2v) is 1.37. The molecule has 0 rings (SSSR count). The third-order valence-electron chi connectivity index (χ3n) is 0. The van der Waals surface area contributed by atoms with Gasteiger partial charge in [0.1, 0.15) is 0 Å². The zero-order chi connectivity index (χ0) is 9.91. The van der Waals surface area contributed by atoms with Crippen molar-refractivity contribution in [2.45, 2.75) is 0 Å². The van der Waals surface area contributed by atoms with E-state index < -0.39 is 10.4 Å². The van der Waals surface area contributed by atoms with Crippen LogP contribution in [0.1, 0.15) is 0 Å². The molecule has 0 saturated carbocycles. The van der Waals surface area contributed by atoms with Crippen molar-refractivity contribution in [3.63, 3.8) is 0 Å². The van der Waals surface area contributed by atoms with Gasteiger partial charge in [0.05, 0.1) is 0 Å². The molecule has 0 N–H and O–H groups in total.